The molecule has 20 heavy (non-hydrogen) atoms. The third kappa shape index (κ3) is 4.57. The van der Waals surface area contributed by atoms with Crippen LogP contribution in [-0.2, 0) is 18.8 Å². The van der Waals surface area contributed by atoms with E-state index in [2.05, 4.69) is 14.2 Å². The van der Waals surface area contributed by atoms with E-state index in [9.17, 15) is 18.9 Å². The molecule has 0 aliphatic rings. The summed E-state index contributed by atoms with van der Waals surface area (Å²) in [5.41, 5.74) is 0. The minimum Gasteiger partial charge on any atom is -0.450 e. The summed E-state index contributed by atoms with van der Waals surface area (Å²) in [6.07, 6.45) is -8.21. The second-order valence-electron chi connectivity index (χ2n) is 3.34. The van der Waals surface area contributed by atoms with Crippen molar-refractivity contribution in [2.45, 2.75) is 18.4 Å². The first-order valence-corrected chi connectivity index (χ1v) is 6.26. The quantitative estimate of drug-likeness (QED) is 0.256. The van der Waals surface area contributed by atoms with E-state index in [0.717, 1.165) is 6.92 Å². The van der Waals surface area contributed by atoms with Gasteiger partial charge in [-0.05, 0) is 6.92 Å². The normalized spacial score (nSPS) is 15.6. The zero-order valence-electron chi connectivity index (χ0n) is 9.83. The number of carboxylic acid groups (broad SMARTS) is 3. The van der Waals surface area contributed by atoms with Crippen LogP contribution in [0.25, 0.3) is 0 Å². The maximum absolute atomic E-state index is 11.4. The van der Waals surface area contributed by atoms with Crippen LogP contribution in [0.5, 0.6) is 0 Å². The van der Waals surface area contributed by atoms with Crippen LogP contribution in [0.15, 0.2) is 0 Å². The summed E-state index contributed by atoms with van der Waals surface area (Å²) in [4.78, 5) is 49.5. The zero-order valence-corrected chi connectivity index (χ0v) is 10.7. The van der Waals surface area contributed by atoms with Crippen LogP contribution in [-0.4, -0.2) is 61.6 Å². The fourth-order valence-corrected chi connectivity index (χ4v) is 2.13. The second kappa shape index (κ2) is 6.41. The lowest BCUT2D eigenvalue weighted by Gasteiger charge is -2.35. The molecule has 2 unspecified atom stereocenters. The molecule has 0 radical (unpaired) electrons. The molecule has 0 saturated heterocycles. The van der Waals surface area contributed by atoms with E-state index in [4.69, 9.17) is 25.1 Å². The van der Waals surface area contributed by atoms with Gasteiger partial charge in [0.15, 0.2) is 12.7 Å². The maximum atomic E-state index is 11.4. The van der Waals surface area contributed by atoms with Gasteiger partial charge in [0, 0.05) is 0 Å². The average molecular weight is 318 g/mol. The molecule has 0 aliphatic heterocycles. The predicted octanol–water partition coefficient (Wildman–Crippen LogP) is 0.333. The van der Waals surface area contributed by atoms with Gasteiger partial charge in [-0.3, -0.25) is 4.57 Å². The Kier molecular flexibility index (Phi) is 5.76. The van der Waals surface area contributed by atoms with Crippen molar-refractivity contribution in [1.82, 2.24) is 0 Å². The largest absolute Gasteiger partial charge is 0.507 e. The van der Waals surface area contributed by atoms with Crippen LogP contribution in [0.2, 0.25) is 0 Å². The standard InChI is InChI=1S/C7H11O12P/c1-3(18-5(10)11)7(19-6(12)13,20(14,15)16)2-17-4(8)9/h3H,2H2,1H3,(H,8,9)(H,10,11)(H,12,13)(H2,14,15,16). The molecule has 0 aromatic rings. The van der Waals surface area contributed by atoms with Gasteiger partial charge in [-0.1, -0.05) is 0 Å². The zero-order chi connectivity index (χ0) is 16.1. The second-order valence-corrected chi connectivity index (χ2v) is 5.18. The summed E-state index contributed by atoms with van der Waals surface area (Å²) in [5.74, 6) is 0. The third-order valence-electron chi connectivity index (χ3n) is 2.07. The Bertz CT molecular complexity index is 439. The minimum absolute atomic E-state index is 0.765. The maximum Gasteiger partial charge on any atom is 0.507 e. The van der Waals surface area contributed by atoms with E-state index >= 15 is 0 Å². The highest BCUT2D eigenvalue weighted by molar-refractivity contribution is 7.53. The van der Waals surface area contributed by atoms with Crippen molar-refractivity contribution < 1.29 is 58.3 Å². The van der Waals surface area contributed by atoms with Crippen LogP contribution in [0.3, 0.4) is 0 Å². The first-order chi connectivity index (χ1) is 8.92. The molecule has 0 fully saturated rings. The summed E-state index contributed by atoms with van der Waals surface area (Å²) in [5, 5.41) is 22.0. The van der Waals surface area contributed by atoms with E-state index in [1.807, 2.05) is 0 Å². The van der Waals surface area contributed by atoms with Gasteiger partial charge in [0.05, 0.1) is 0 Å². The molecule has 12 nitrogen and oxygen atoms in total. The molecule has 0 saturated carbocycles. The highest BCUT2D eigenvalue weighted by Crippen LogP contribution is 2.54. The molecule has 5 N–H and O–H groups in total. The highest BCUT2D eigenvalue weighted by atomic mass is 31.2. The molecular weight excluding hydrogens is 307 g/mol. The number of hydrogen-bond acceptors (Lipinski definition) is 7. The van der Waals surface area contributed by atoms with E-state index in [-0.39, 0.29) is 0 Å². The van der Waals surface area contributed by atoms with Gasteiger partial charge in [-0.2, -0.15) is 0 Å². The Balaban J connectivity index is 5.64. The molecule has 13 heteroatoms. The number of carbonyl (C=O) groups is 3. The first kappa shape index (κ1) is 18.0. The first-order valence-electron chi connectivity index (χ1n) is 4.65. The van der Waals surface area contributed by atoms with Crippen molar-refractivity contribution in [2.24, 2.45) is 0 Å². The minimum atomic E-state index is -5.51. The summed E-state index contributed by atoms with van der Waals surface area (Å²) in [7, 11) is -5.51. The number of ether oxygens (including phenoxy) is 3. The molecule has 0 rings (SSSR count). The van der Waals surface area contributed by atoms with Gasteiger partial charge in [-0.15, -0.1) is 0 Å². The summed E-state index contributed by atoms with van der Waals surface area (Å²) < 4.78 is 23.3. The summed E-state index contributed by atoms with van der Waals surface area (Å²) in [6.45, 7) is -0.700. The molecule has 0 spiro atoms. The van der Waals surface area contributed by atoms with Crippen molar-refractivity contribution in [3.05, 3.63) is 0 Å². The van der Waals surface area contributed by atoms with E-state index < -0.39 is 44.1 Å². The molecule has 116 valence electrons. The smallest absolute Gasteiger partial charge is 0.450 e. The van der Waals surface area contributed by atoms with Gasteiger partial charge in [0.2, 0.25) is 0 Å². The van der Waals surface area contributed by atoms with Gasteiger partial charge in [-0.25, -0.2) is 14.4 Å². The Morgan fingerprint density at radius 1 is 1.10 bits per heavy atom. The van der Waals surface area contributed by atoms with Crippen molar-refractivity contribution in [3.8, 4) is 0 Å². The van der Waals surface area contributed by atoms with Crippen LogP contribution in [0.4, 0.5) is 14.4 Å². The van der Waals surface area contributed by atoms with Crippen molar-refractivity contribution in [3.63, 3.8) is 0 Å². The summed E-state index contributed by atoms with van der Waals surface area (Å²) in [6, 6.07) is 0. The highest BCUT2D eigenvalue weighted by Gasteiger charge is 2.59. The van der Waals surface area contributed by atoms with E-state index in [0.29, 0.717) is 0 Å². The van der Waals surface area contributed by atoms with Gasteiger partial charge in [0.1, 0.15) is 0 Å². The summed E-state index contributed by atoms with van der Waals surface area (Å²) >= 11 is 0. The molecule has 0 aliphatic carbocycles. The fourth-order valence-electron chi connectivity index (χ4n) is 1.17. The van der Waals surface area contributed by atoms with E-state index in [1.54, 1.807) is 0 Å². The lowest BCUT2D eigenvalue weighted by molar-refractivity contribution is -0.0928. The Labute approximate surface area is 110 Å². The van der Waals surface area contributed by atoms with Crippen LogP contribution < -0.4 is 0 Å². The molecule has 2 atom stereocenters. The number of hydrogen-bond donors (Lipinski definition) is 5. The molecule has 0 aromatic carbocycles. The van der Waals surface area contributed by atoms with E-state index in [1.165, 1.54) is 0 Å². The molecule has 0 amide bonds. The molecule has 0 heterocycles. The monoisotopic (exact) mass is 318 g/mol. The van der Waals surface area contributed by atoms with Crippen molar-refractivity contribution in [1.29, 1.82) is 0 Å². The molecule has 0 aromatic heterocycles. The Morgan fingerprint density at radius 2 is 1.60 bits per heavy atom. The van der Waals surface area contributed by atoms with Crippen molar-refractivity contribution in [2.75, 3.05) is 6.61 Å². The Morgan fingerprint density at radius 3 is 1.90 bits per heavy atom. The Hall–Kier alpha value is -2.04. The van der Waals surface area contributed by atoms with Gasteiger partial charge >= 0.3 is 26.1 Å². The fraction of sp³-hybridized carbons (Fsp3) is 0.571. The van der Waals surface area contributed by atoms with Crippen LogP contribution in [0, 0.1) is 0 Å². The van der Waals surface area contributed by atoms with Crippen LogP contribution >= 0.6 is 7.60 Å². The molecular formula is C7H11O12P. The third-order valence-corrected chi connectivity index (χ3v) is 3.64. The number of rotatable bonds is 6. The van der Waals surface area contributed by atoms with Crippen LogP contribution in [0.1, 0.15) is 6.92 Å². The van der Waals surface area contributed by atoms with Crippen molar-refractivity contribution >= 4 is 26.1 Å². The average Bonchev–Trinajstić information content (AvgIpc) is 2.20. The lowest BCUT2D eigenvalue weighted by Crippen LogP contribution is -2.50. The van der Waals surface area contributed by atoms with Gasteiger partial charge in [0.25, 0.3) is 5.34 Å². The SMILES string of the molecule is CC(OC(=O)O)C(COC(=O)O)(OC(=O)O)P(=O)(O)O. The topological polar surface area (TPSA) is 197 Å². The predicted molar refractivity (Wildman–Crippen MR) is 56.4 cm³/mol. The lowest BCUT2D eigenvalue weighted by atomic mass is 10.2. The molecule has 0 bridgehead atoms. The van der Waals surface area contributed by atoms with Gasteiger partial charge < -0.3 is 39.3 Å².